The Labute approximate surface area is 197 Å². The number of anilines is 1. The van der Waals surface area contributed by atoms with Crippen LogP contribution in [-0.4, -0.2) is 24.9 Å². The number of carbonyl (C=O) groups is 2. The van der Waals surface area contributed by atoms with Gasteiger partial charge in [-0.3, -0.25) is 14.5 Å². The van der Waals surface area contributed by atoms with Crippen LogP contribution in [0.4, 0.5) is 5.69 Å². The van der Waals surface area contributed by atoms with Crippen LogP contribution in [0.5, 0.6) is 0 Å². The number of nitrogens with one attached hydrogen (secondary N) is 1. The normalized spacial score (nSPS) is 14.4. The lowest BCUT2D eigenvalue weighted by molar-refractivity contribution is -0.122. The molecule has 0 aromatic heterocycles. The Morgan fingerprint density at radius 1 is 1.03 bits per heavy atom. The van der Waals surface area contributed by atoms with Gasteiger partial charge in [0.15, 0.2) is 0 Å². The molecular weight excluding hydrogens is 440 g/mol. The molecule has 6 heteroatoms. The molecular formula is C26H23ClN2O2S. The minimum Gasteiger partial charge on any atom is -0.354 e. The Morgan fingerprint density at radius 2 is 1.75 bits per heavy atom. The third-order valence-electron chi connectivity index (χ3n) is 5.16. The zero-order valence-electron chi connectivity index (χ0n) is 17.7. The van der Waals surface area contributed by atoms with Crippen molar-refractivity contribution in [2.75, 3.05) is 18.0 Å². The Bertz CT molecular complexity index is 1160. The Balaban J connectivity index is 1.47. The minimum atomic E-state index is -0.183. The number of nitrogens with zero attached hydrogens (tertiary/aromatic N) is 1. The van der Waals surface area contributed by atoms with Crippen molar-refractivity contribution in [2.24, 2.45) is 0 Å². The van der Waals surface area contributed by atoms with Crippen LogP contribution < -0.4 is 10.2 Å². The molecule has 2 amide bonds. The maximum Gasteiger partial charge on any atom is 0.265 e. The van der Waals surface area contributed by atoms with Crippen molar-refractivity contribution in [3.05, 3.63) is 99.4 Å². The standard InChI is InChI=1S/C26H23ClN2O2S/c1-18-6-8-19(9-7-18)14-15-28-25(30)17-29-22-4-2-3-5-23(22)32-24(26(29)31)16-20-10-12-21(27)13-11-20/h2-13,16H,14-15,17H2,1H3,(H,28,30). The van der Waals surface area contributed by atoms with Gasteiger partial charge in [0.05, 0.1) is 10.6 Å². The number of aryl methyl sites for hydroxylation is 1. The molecule has 0 spiro atoms. The summed E-state index contributed by atoms with van der Waals surface area (Å²) < 4.78 is 0. The van der Waals surface area contributed by atoms with Crippen LogP contribution in [0, 0.1) is 6.92 Å². The number of fused-ring (bicyclic) bond motifs is 1. The number of carbonyl (C=O) groups excluding carboxylic acids is 2. The van der Waals surface area contributed by atoms with Crippen molar-refractivity contribution in [3.8, 4) is 0 Å². The highest BCUT2D eigenvalue weighted by atomic mass is 35.5. The monoisotopic (exact) mass is 462 g/mol. The quantitative estimate of drug-likeness (QED) is 0.493. The van der Waals surface area contributed by atoms with Gasteiger partial charge in [-0.2, -0.15) is 0 Å². The number of hydrogen-bond acceptors (Lipinski definition) is 3. The van der Waals surface area contributed by atoms with E-state index in [0.717, 1.165) is 22.6 Å². The first-order valence-electron chi connectivity index (χ1n) is 10.4. The molecule has 3 aromatic carbocycles. The zero-order chi connectivity index (χ0) is 22.5. The summed E-state index contributed by atoms with van der Waals surface area (Å²) in [5, 5.41) is 3.58. The Kier molecular flexibility index (Phi) is 6.98. The van der Waals surface area contributed by atoms with Crippen LogP contribution in [-0.2, 0) is 16.0 Å². The van der Waals surface area contributed by atoms with Gasteiger partial charge in [0, 0.05) is 16.5 Å². The number of halogens is 1. The van der Waals surface area contributed by atoms with E-state index < -0.39 is 0 Å². The molecule has 0 radical (unpaired) electrons. The fourth-order valence-electron chi connectivity index (χ4n) is 3.43. The first-order chi connectivity index (χ1) is 15.5. The predicted molar refractivity (Wildman–Crippen MR) is 132 cm³/mol. The molecule has 0 unspecified atom stereocenters. The number of rotatable bonds is 6. The average Bonchev–Trinajstić information content (AvgIpc) is 2.79. The van der Waals surface area contributed by atoms with E-state index in [2.05, 4.69) is 29.6 Å². The first-order valence-corrected chi connectivity index (χ1v) is 11.6. The van der Waals surface area contributed by atoms with E-state index in [1.807, 2.05) is 49.4 Å². The highest BCUT2D eigenvalue weighted by Crippen LogP contribution is 2.41. The second-order valence-corrected chi connectivity index (χ2v) is 9.13. The fraction of sp³-hybridized carbons (Fsp3) is 0.154. The number of thioether (sulfide) groups is 1. The van der Waals surface area contributed by atoms with E-state index in [-0.39, 0.29) is 18.4 Å². The second-order valence-electron chi connectivity index (χ2n) is 7.61. The largest absolute Gasteiger partial charge is 0.354 e. The first kappa shape index (κ1) is 22.2. The lowest BCUT2D eigenvalue weighted by atomic mass is 10.1. The predicted octanol–water partition coefficient (Wildman–Crippen LogP) is 5.49. The summed E-state index contributed by atoms with van der Waals surface area (Å²) in [6, 6.07) is 23.2. The highest BCUT2D eigenvalue weighted by Gasteiger charge is 2.30. The summed E-state index contributed by atoms with van der Waals surface area (Å²) >= 11 is 7.39. The van der Waals surface area contributed by atoms with Gasteiger partial charge in [-0.1, -0.05) is 77.5 Å². The van der Waals surface area contributed by atoms with Crippen LogP contribution in [0.15, 0.2) is 82.6 Å². The molecule has 162 valence electrons. The molecule has 1 heterocycles. The maximum atomic E-state index is 13.3. The minimum absolute atomic E-state index is 0.0255. The smallest absolute Gasteiger partial charge is 0.265 e. The molecule has 0 fully saturated rings. The Hall–Kier alpha value is -3.02. The molecule has 0 aliphatic carbocycles. The molecule has 0 bridgehead atoms. The van der Waals surface area contributed by atoms with E-state index in [4.69, 9.17) is 11.6 Å². The lowest BCUT2D eigenvalue weighted by Gasteiger charge is -2.29. The third kappa shape index (κ3) is 5.42. The summed E-state index contributed by atoms with van der Waals surface area (Å²) in [6.45, 7) is 2.54. The molecule has 1 aliphatic heterocycles. The molecule has 1 aliphatic rings. The summed E-state index contributed by atoms with van der Waals surface area (Å²) in [7, 11) is 0. The van der Waals surface area contributed by atoms with Crippen LogP contribution in [0.25, 0.3) is 6.08 Å². The molecule has 4 nitrogen and oxygen atoms in total. The van der Waals surface area contributed by atoms with Gasteiger partial charge in [0.25, 0.3) is 5.91 Å². The second kappa shape index (κ2) is 10.1. The Morgan fingerprint density at radius 3 is 2.50 bits per heavy atom. The molecule has 32 heavy (non-hydrogen) atoms. The van der Waals surface area contributed by atoms with Crippen molar-refractivity contribution in [2.45, 2.75) is 18.2 Å². The van der Waals surface area contributed by atoms with E-state index in [0.29, 0.717) is 16.5 Å². The molecule has 3 aromatic rings. The van der Waals surface area contributed by atoms with Crippen molar-refractivity contribution in [1.82, 2.24) is 5.32 Å². The SMILES string of the molecule is Cc1ccc(CCNC(=O)CN2C(=O)C(=Cc3ccc(Cl)cc3)Sc3ccccc32)cc1. The molecule has 4 rings (SSSR count). The van der Waals surface area contributed by atoms with Gasteiger partial charge >= 0.3 is 0 Å². The number of amides is 2. The number of benzene rings is 3. The van der Waals surface area contributed by atoms with Gasteiger partial charge in [-0.25, -0.2) is 0 Å². The van der Waals surface area contributed by atoms with Crippen LogP contribution in [0.3, 0.4) is 0 Å². The summed E-state index contributed by atoms with van der Waals surface area (Å²) in [5.74, 6) is -0.365. The van der Waals surface area contributed by atoms with Gasteiger partial charge in [0.2, 0.25) is 5.91 Å². The van der Waals surface area contributed by atoms with E-state index in [1.54, 1.807) is 17.0 Å². The molecule has 1 N–H and O–H groups in total. The van der Waals surface area contributed by atoms with E-state index in [1.165, 1.54) is 22.9 Å². The summed E-state index contributed by atoms with van der Waals surface area (Å²) in [5.41, 5.74) is 4.01. The van der Waals surface area contributed by atoms with E-state index in [9.17, 15) is 9.59 Å². The van der Waals surface area contributed by atoms with E-state index >= 15 is 0 Å². The van der Waals surface area contributed by atoms with Gasteiger partial charge in [0.1, 0.15) is 6.54 Å². The van der Waals surface area contributed by atoms with Crippen LogP contribution in [0.2, 0.25) is 5.02 Å². The lowest BCUT2D eigenvalue weighted by Crippen LogP contribution is -2.43. The zero-order valence-corrected chi connectivity index (χ0v) is 19.2. The van der Waals surface area contributed by atoms with Crippen molar-refractivity contribution in [3.63, 3.8) is 0 Å². The van der Waals surface area contributed by atoms with Crippen molar-refractivity contribution < 1.29 is 9.59 Å². The van der Waals surface area contributed by atoms with Gasteiger partial charge < -0.3 is 5.32 Å². The molecule has 0 saturated heterocycles. The number of para-hydroxylation sites is 1. The highest BCUT2D eigenvalue weighted by molar-refractivity contribution is 8.04. The average molecular weight is 463 g/mol. The fourth-order valence-corrected chi connectivity index (χ4v) is 4.61. The molecule has 0 saturated carbocycles. The number of hydrogen-bond donors (Lipinski definition) is 1. The molecule has 0 atom stereocenters. The van der Waals surface area contributed by atoms with Gasteiger partial charge in [-0.15, -0.1) is 0 Å². The van der Waals surface area contributed by atoms with Crippen molar-refractivity contribution in [1.29, 1.82) is 0 Å². The maximum absolute atomic E-state index is 13.3. The third-order valence-corrected chi connectivity index (χ3v) is 6.49. The summed E-state index contributed by atoms with van der Waals surface area (Å²) in [6.07, 6.45) is 2.58. The summed E-state index contributed by atoms with van der Waals surface area (Å²) in [4.78, 5) is 29.0. The van der Waals surface area contributed by atoms with Crippen LogP contribution >= 0.6 is 23.4 Å². The van der Waals surface area contributed by atoms with Crippen molar-refractivity contribution >= 4 is 46.9 Å². The van der Waals surface area contributed by atoms with Gasteiger partial charge in [-0.05, 0) is 54.8 Å². The topological polar surface area (TPSA) is 49.4 Å². The van der Waals surface area contributed by atoms with Crippen LogP contribution in [0.1, 0.15) is 16.7 Å².